The molecule has 6 heteroatoms. The van der Waals surface area contributed by atoms with Crippen LogP contribution in [0.1, 0.15) is 4.88 Å². The van der Waals surface area contributed by atoms with E-state index in [4.69, 9.17) is 16.3 Å². The van der Waals surface area contributed by atoms with Gasteiger partial charge in [-0.2, -0.15) is 0 Å². The summed E-state index contributed by atoms with van der Waals surface area (Å²) in [5, 5.41) is 2.74. The third kappa shape index (κ3) is 5.59. The van der Waals surface area contributed by atoms with Gasteiger partial charge in [-0.05, 0) is 41.8 Å². The van der Waals surface area contributed by atoms with Crippen molar-refractivity contribution in [1.82, 2.24) is 4.90 Å². The smallest absolute Gasteiger partial charge is 0.330 e. The van der Waals surface area contributed by atoms with Crippen LogP contribution in [0.25, 0.3) is 6.08 Å². The van der Waals surface area contributed by atoms with Gasteiger partial charge in [0.2, 0.25) is 0 Å². The van der Waals surface area contributed by atoms with Gasteiger partial charge in [-0.25, -0.2) is 4.79 Å². The first kappa shape index (κ1) is 18.0. The minimum atomic E-state index is -0.284. The largest absolute Gasteiger partial charge is 0.461 e. The Morgan fingerprint density at radius 1 is 1.16 bits per heavy atom. The summed E-state index contributed by atoms with van der Waals surface area (Å²) >= 11 is 7.53. The Labute approximate surface area is 157 Å². The highest BCUT2D eigenvalue weighted by Gasteiger charge is 2.17. The lowest BCUT2D eigenvalue weighted by Gasteiger charge is -2.35. The van der Waals surface area contributed by atoms with Crippen molar-refractivity contribution >= 4 is 40.7 Å². The second kappa shape index (κ2) is 9.04. The fraction of sp³-hybridized carbons (Fsp3) is 0.316. The third-order valence-corrected chi connectivity index (χ3v) is 5.23. The van der Waals surface area contributed by atoms with Crippen molar-refractivity contribution in [1.29, 1.82) is 0 Å². The molecule has 132 valence electrons. The summed E-state index contributed by atoms with van der Waals surface area (Å²) in [6.07, 6.45) is 3.28. The Bertz CT molecular complexity index is 693. The lowest BCUT2D eigenvalue weighted by molar-refractivity contribution is -0.138. The van der Waals surface area contributed by atoms with Crippen LogP contribution in [0.5, 0.6) is 0 Å². The molecule has 3 rings (SSSR count). The van der Waals surface area contributed by atoms with Gasteiger partial charge in [0.15, 0.2) is 0 Å². The second-order valence-corrected chi connectivity index (χ2v) is 7.24. The molecule has 25 heavy (non-hydrogen) atoms. The molecule has 0 spiro atoms. The molecule has 1 aliphatic heterocycles. The van der Waals surface area contributed by atoms with Crippen molar-refractivity contribution in [3.8, 4) is 0 Å². The van der Waals surface area contributed by atoms with Crippen molar-refractivity contribution in [2.45, 2.75) is 0 Å². The molecule has 0 bridgehead atoms. The van der Waals surface area contributed by atoms with E-state index in [1.54, 1.807) is 17.4 Å². The first-order valence-electron chi connectivity index (χ1n) is 8.32. The predicted octanol–water partition coefficient (Wildman–Crippen LogP) is 3.78. The molecule has 1 fully saturated rings. The van der Waals surface area contributed by atoms with E-state index in [1.807, 2.05) is 29.6 Å². The number of rotatable bonds is 6. The summed E-state index contributed by atoms with van der Waals surface area (Å²) in [6, 6.07) is 11.9. The van der Waals surface area contributed by atoms with Crippen LogP contribution in [0, 0.1) is 0 Å². The molecular formula is C19H21ClN2O2S. The molecule has 0 amide bonds. The first-order chi connectivity index (χ1) is 12.2. The maximum Gasteiger partial charge on any atom is 0.330 e. The highest BCUT2D eigenvalue weighted by atomic mass is 35.5. The molecule has 2 aromatic rings. The predicted molar refractivity (Wildman–Crippen MR) is 104 cm³/mol. The minimum absolute atomic E-state index is 0.284. The van der Waals surface area contributed by atoms with E-state index in [2.05, 4.69) is 21.9 Å². The zero-order valence-corrected chi connectivity index (χ0v) is 15.5. The van der Waals surface area contributed by atoms with Crippen molar-refractivity contribution in [2.24, 2.45) is 0 Å². The van der Waals surface area contributed by atoms with Gasteiger partial charge in [-0.1, -0.05) is 17.7 Å². The molecule has 0 aliphatic carbocycles. The number of thiophene rings is 1. The number of ether oxygens (including phenoxy) is 1. The number of hydrogen-bond acceptors (Lipinski definition) is 5. The number of benzene rings is 1. The molecule has 4 nitrogen and oxygen atoms in total. The van der Waals surface area contributed by atoms with Crippen LogP contribution in [0.2, 0.25) is 5.02 Å². The number of halogens is 1. The minimum Gasteiger partial charge on any atom is -0.461 e. The summed E-state index contributed by atoms with van der Waals surface area (Å²) in [5.41, 5.74) is 1.20. The fourth-order valence-corrected chi connectivity index (χ4v) is 3.49. The van der Waals surface area contributed by atoms with Crippen LogP contribution >= 0.6 is 22.9 Å². The molecule has 0 atom stereocenters. The fourth-order valence-electron chi connectivity index (χ4n) is 2.74. The van der Waals surface area contributed by atoms with Crippen molar-refractivity contribution in [3.05, 3.63) is 57.8 Å². The maximum atomic E-state index is 11.7. The normalized spacial score (nSPS) is 15.6. The van der Waals surface area contributed by atoms with Crippen LogP contribution < -0.4 is 4.90 Å². The average molecular weight is 377 g/mol. The quantitative estimate of drug-likeness (QED) is 0.567. The summed E-state index contributed by atoms with van der Waals surface area (Å²) in [7, 11) is 0. The molecule has 0 N–H and O–H groups in total. The number of hydrogen-bond donors (Lipinski definition) is 0. The van der Waals surface area contributed by atoms with Gasteiger partial charge in [0, 0.05) is 54.4 Å². The van der Waals surface area contributed by atoms with Gasteiger partial charge in [-0.15, -0.1) is 11.3 Å². The summed E-state index contributed by atoms with van der Waals surface area (Å²) in [5.74, 6) is -0.284. The Morgan fingerprint density at radius 3 is 2.60 bits per heavy atom. The van der Waals surface area contributed by atoms with Gasteiger partial charge >= 0.3 is 5.97 Å². The SMILES string of the molecule is O=C(/C=C/c1cccs1)OCCN1CCN(c2ccc(Cl)cc2)CC1. The number of piperazine rings is 1. The highest BCUT2D eigenvalue weighted by Crippen LogP contribution is 2.19. The van der Waals surface area contributed by atoms with E-state index < -0.39 is 0 Å². The third-order valence-electron chi connectivity index (χ3n) is 4.14. The van der Waals surface area contributed by atoms with Crippen molar-refractivity contribution in [3.63, 3.8) is 0 Å². The summed E-state index contributed by atoms with van der Waals surface area (Å²) < 4.78 is 5.28. The van der Waals surface area contributed by atoms with Crippen LogP contribution in [-0.4, -0.2) is 50.2 Å². The Balaban J connectivity index is 1.35. The van der Waals surface area contributed by atoms with Gasteiger partial charge in [-0.3, -0.25) is 4.90 Å². The Morgan fingerprint density at radius 2 is 1.92 bits per heavy atom. The van der Waals surface area contributed by atoms with Gasteiger partial charge < -0.3 is 9.64 Å². The molecule has 0 radical (unpaired) electrons. The van der Waals surface area contributed by atoms with Crippen LogP contribution in [0.4, 0.5) is 5.69 Å². The molecule has 0 unspecified atom stereocenters. The van der Waals surface area contributed by atoms with Crippen molar-refractivity contribution < 1.29 is 9.53 Å². The lowest BCUT2D eigenvalue weighted by atomic mass is 10.2. The van der Waals surface area contributed by atoms with Crippen LogP contribution in [0.15, 0.2) is 47.9 Å². The van der Waals surface area contributed by atoms with Gasteiger partial charge in [0.05, 0.1) is 0 Å². The van der Waals surface area contributed by atoms with E-state index in [-0.39, 0.29) is 5.97 Å². The summed E-state index contributed by atoms with van der Waals surface area (Å²) in [6.45, 7) is 5.06. The average Bonchev–Trinajstić information content (AvgIpc) is 3.15. The topological polar surface area (TPSA) is 32.8 Å². The lowest BCUT2D eigenvalue weighted by Crippen LogP contribution is -2.47. The van der Waals surface area contributed by atoms with Crippen LogP contribution in [0.3, 0.4) is 0 Å². The number of carbonyl (C=O) groups excluding carboxylic acids is 1. The van der Waals surface area contributed by atoms with E-state index in [1.165, 1.54) is 11.8 Å². The zero-order valence-electron chi connectivity index (χ0n) is 13.9. The van der Waals surface area contributed by atoms with E-state index in [9.17, 15) is 4.79 Å². The van der Waals surface area contributed by atoms with E-state index in [0.29, 0.717) is 6.61 Å². The monoisotopic (exact) mass is 376 g/mol. The molecule has 1 aromatic heterocycles. The van der Waals surface area contributed by atoms with Gasteiger partial charge in [0.25, 0.3) is 0 Å². The van der Waals surface area contributed by atoms with E-state index in [0.717, 1.165) is 42.6 Å². The molecule has 1 aliphatic rings. The summed E-state index contributed by atoms with van der Waals surface area (Å²) in [4.78, 5) is 17.4. The maximum absolute atomic E-state index is 11.7. The number of carbonyl (C=O) groups is 1. The number of nitrogens with zero attached hydrogens (tertiary/aromatic N) is 2. The molecule has 2 heterocycles. The van der Waals surface area contributed by atoms with Crippen molar-refractivity contribution in [2.75, 3.05) is 44.2 Å². The first-order valence-corrected chi connectivity index (χ1v) is 9.58. The molecule has 0 saturated carbocycles. The Kier molecular flexibility index (Phi) is 6.50. The second-order valence-electron chi connectivity index (χ2n) is 5.82. The molecule has 1 saturated heterocycles. The standard InChI is InChI=1S/C19H21ClN2O2S/c20-16-3-5-17(6-4-16)22-11-9-21(10-12-22)13-14-24-19(23)8-7-18-2-1-15-25-18/h1-8,15H,9-14H2/b8-7+. The number of anilines is 1. The van der Waals surface area contributed by atoms with Gasteiger partial charge in [0.1, 0.15) is 6.61 Å². The molecule has 1 aromatic carbocycles. The van der Waals surface area contributed by atoms with E-state index >= 15 is 0 Å². The zero-order chi connectivity index (χ0) is 17.5. The molecular weight excluding hydrogens is 356 g/mol. The number of esters is 1. The Hall–Kier alpha value is -1.82. The van der Waals surface area contributed by atoms with Crippen LogP contribution in [-0.2, 0) is 9.53 Å². The highest BCUT2D eigenvalue weighted by molar-refractivity contribution is 7.10.